The zero-order chi connectivity index (χ0) is 23.3. The average molecular weight is 457 g/mol. The molecule has 0 unspecified atom stereocenters. The second kappa shape index (κ2) is 10.5. The lowest BCUT2D eigenvalue weighted by atomic mass is 10.1. The quantitative estimate of drug-likeness (QED) is 0.408. The van der Waals surface area contributed by atoms with Gasteiger partial charge in [0.05, 0.1) is 18.5 Å². The van der Waals surface area contributed by atoms with Gasteiger partial charge in [-0.2, -0.15) is 0 Å². The lowest BCUT2D eigenvalue weighted by molar-refractivity contribution is 0.0597. The Morgan fingerprint density at radius 2 is 1.56 bits per heavy atom. The van der Waals surface area contributed by atoms with Crippen molar-refractivity contribution in [3.8, 4) is 5.75 Å². The molecule has 32 heavy (non-hydrogen) atoms. The molecule has 0 aromatic heterocycles. The smallest absolute Gasteiger partial charge is 0.419 e. The van der Waals surface area contributed by atoms with Crippen molar-refractivity contribution >= 4 is 34.9 Å². The van der Waals surface area contributed by atoms with E-state index in [0.29, 0.717) is 0 Å². The molecule has 3 rings (SSSR count). The summed E-state index contributed by atoms with van der Waals surface area (Å²) in [6, 6.07) is 12.2. The van der Waals surface area contributed by atoms with Crippen LogP contribution in [0.1, 0.15) is 60.3 Å². The predicted molar refractivity (Wildman–Crippen MR) is 134 cm³/mol. The van der Waals surface area contributed by atoms with E-state index in [-0.39, 0.29) is 6.09 Å². The first kappa shape index (κ1) is 24.3. The number of hydrogen-bond acceptors (Lipinski definition) is 5. The zero-order valence-corrected chi connectivity index (χ0v) is 21.1. The highest BCUT2D eigenvalue weighted by atomic mass is 32.2. The molecule has 1 aliphatic rings. The van der Waals surface area contributed by atoms with Crippen molar-refractivity contribution in [3.05, 3.63) is 36.4 Å². The molecule has 0 aliphatic carbocycles. The normalized spacial score (nSPS) is 12.8. The molecule has 0 bridgehead atoms. The molecule has 174 valence electrons. The molecular weight excluding hydrogens is 420 g/mol. The number of benzene rings is 2. The minimum absolute atomic E-state index is 0.368. The third kappa shape index (κ3) is 5.71. The third-order valence-corrected chi connectivity index (χ3v) is 6.41. The van der Waals surface area contributed by atoms with Crippen molar-refractivity contribution in [1.29, 1.82) is 0 Å². The van der Waals surface area contributed by atoms with Crippen LogP contribution in [0.15, 0.2) is 46.2 Å². The highest BCUT2D eigenvalue weighted by molar-refractivity contribution is 7.99. The van der Waals surface area contributed by atoms with Crippen LogP contribution in [0.4, 0.5) is 21.9 Å². The molecule has 6 heteroatoms. The zero-order valence-electron chi connectivity index (χ0n) is 20.2. The SMILES string of the molecule is CCCCN(CCCC)c1ccc2c(c1)Sc1cc(OC)ccc1N2C(=O)OC(C)(C)C. The minimum atomic E-state index is -0.578. The van der Waals surface area contributed by atoms with Crippen LogP contribution >= 0.6 is 11.8 Å². The van der Waals surface area contributed by atoms with Crippen molar-refractivity contribution in [2.45, 2.75) is 75.7 Å². The Morgan fingerprint density at radius 1 is 0.969 bits per heavy atom. The lowest BCUT2D eigenvalue weighted by Crippen LogP contribution is -2.35. The summed E-state index contributed by atoms with van der Waals surface area (Å²) in [5, 5.41) is 0. The van der Waals surface area contributed by atoms with Gasteiger partial charge in [-0.1, -0.05) is 38.5 Å². The Kier molecular flexibility index (Phi) is 7.99. The summed E-state index contributed by atoms with van der Waals surface area (Å²) in [5.41, 5.74) is 2.30. The molecule has 0 radical (unpaired) electrons. The maximum Gasteiger partial charge on any atom is 0.419 e. The van der Waals surface area contributed by atoms with Gasteiger partial charge in [0.25, 0.3) is 0 Å². The number of ether oxygens (including phenoxy) is 2. The van der Waals surface area contributed by atoms with Gasteiger partial charge >= 0.3 is 6.09 Å². The fourth-order valence-electron chi connectivity index (χ4n) is 3.67. The van der Waals surface area contributed by atoms with Crippen LogP contribution in [0.5, 0.6) is 5.75 Å². The summed E-state index contributed by atoms with van der Waals surface area (Å²) in [7, 11) is 1.66. The number of rotatable bonds is 8. The van der Waals surface area contributed by atoms with E-state index in [1.54, 1.807) is 23.8 Å². The second-order valence-corrected chi connectivity index (χ2v) is 10.2. The van der Waals surface area contributed by atoms with E-state index < -0.39 is 5.60 Å². The Morgan fingerprint density at radius 3 is 2.12 bits per heavy atom. The van der Waals surface area contributed by atoms with E-state index in [0.717, 1.165) is 52.8 Å². The van der Waals surface area contributed by atoms with E-state index >= 15 is 0 Å². The molecule has 0 saturated heterocycles. The summed E-state index contributed by atoms with van der Waals surface area (Å²) in [4.78, 5) is 19.4. The van der Waals surface area contributed by atoms with Crippen LogP contribution in [-0.2, 0) is 4.74 Å². The van der Waals surface area contributed by atoms with Gasteiger partial charge in [0, 0.05) is 28.6 Å². The summed E-state index contributed by atoms with van der Waals surface area (Å²) < 4.78 is 11.2. The van der Waals surface area contributed by atoms with Gasteiger partial charge in [-0.15, -0.1) is 0 Å². The highest BCUT2D eigenvalue weighted by Gasteiger charge is 2.32. The van der Waals surface area contributed by atoms with E-state index in [9.17, 15) is 4.79 Å². The first-order chi connectivity index (χ1) is 15.3. The van der Waals surface area contributed by atoms with E-state index in [1.165, 1.54) is 18.5 Å². The average Bonchev–Trinajstić information content (AvgIpc) is 2.75. The lowest BCUT2D eigenvalue weighted by Gasteiger charge is -2.34. The van der Waals surface area contributed by atoms with Crippen LogP contribution in [0.2, 0.25) is 0 Å². The monoisotopic (exact) mass is 456 g/mol. The van der Waals surface area contributed by atoms with Crippen LogP contribution in [-0.4, -0.2) is 31.9 Å². The topological polar surface area (TPSA) is 42.0 Å². The van der Waals surface area contributed by atoms with Crippen molar-refractivity contribution in [1.82, 2.24) is 0 Å². The molecule has 0 N–H and O–H groups in total. The first-order valence-corrected chi connectivity index (χ1v) is 12.4. The maximum atomic E-state index is 13.2. The van der Waals surface area contributed by atoms with Crippen LogP contribution in [0, 0.1) is 0 Å². The summed E-state index contributed by atoms with van der Waals surface area (Å²) in [5.74, 6) is 0.771. The number of fused-ring (bicyclic) bond motifs is 2. The van der Waals surface area contributed by atoms with Crippen molar-refractivity contribution in [3.63, 3.8) is 0 Å². The molecule has 0 fully saturated rings. The number of unbranched alkanes of at least 4 members (excludes halogenated alkanes) is 2. The summed E-state index contributed by atoms with van der Waals surface area (Å²) in [6.07, 6.45) is 4.30. The Labute approximate surface area is 197 Å². The van der Waals surface area contributed by atoms with Gasteiger partial charge < -0.3 is 14.4 Å². The van der Waals surface area contributed by atoms with E-state index in [2.05, 4.69) is 36.9 Å². The fourth-order valence-corrected chi connectivity index (χ4v) is 4.79. The molecule has 0 atom stereocenters. The minimum Gasteiger partial charge on any atom is -0.497 e. The first-order valence-electron chi connectivity index (χ1n) is 11.6. The molecule has 5 nitrogen and oxygen atoms in total. The Bertz CT molecular complexity index is 931. The number of methoxy groups -OCH3 is 1. The van der Waals surface area contributed by atoms with Crippen LogP contribution < -0.4 is 14.5 Å². The molecule has 0 saturated carbocycles. The van der Waals surface area contributed by atoms with Crippen LogP contribution in [0.3, 0.4) is 0 Å². The van der Waals surface area contributed by atoms with Crippen LogP contribution in [0.25, 0.3) is 0 Å². The standard InChI is InChI=1S/C26H36N2O3S/c1-7-9-15-27(16-10-8-2)19-11-13-21-23(17-19)32-24-18-20(30-6)12-14-22(24)28(21)25(29)31-26(3,4)5/h11-14,17-18H,7-10,15-16H2,1-6H3. The Hall–Kier alpha value is -2.34. The number of hydrogen-bond donors (Lipinski definition) is 0. The molecule has 0 spiro atoms. The van der Waals surface area contributed by atoms with Gasteiger partial charge in [-0.25, -0.2) is 9.69 Å². The number of nitrogens with zero attached hydrogens (tertiary/aromatic N) is 2. The van der Waals surface area contributed by atoms with Gasteiger partial charge in [-0.3, -0.25) is 0 Å². The number of amides is 1. The summed E-state index contributed by atoms with van der Waals surface area (Å²) >= 11 is 1.67. The molecule has 1 amide bonds. The fraction of sp³-hybridized carbons (Fsp3) is 0.500. The van der Waals surface area contributed by atoms with Gasteiger partial charge in [0.1, 0.15) is 11.4 Å². The maximum absolute atomic E-state index is 13.2. The molecule has 1 aliphatic heterocycles. The summed E-state index contributed by atoms with van der Waals surface area (Å²) in [6.45, 7) is 12.2. The van der Waals surface area contributed by atoms with E-state index in [4.69, 9.17) is 9.47 Å². The van der Waals surface area contributed by atoms with Gasteiger partial charge in [0.2, 0.25) is 0 Å². The second-order valence-electron chi connectivity index (χ2n) is 9.10. The largest absolute Gasteiger partial charge is 0.497 e. The molecule has 1 heterocycles. The van der Waals surface area contributed by atoms with Gasteiger partial charge in [-0.05, 0) is 70.0 Å². The van der Waals surface area contributed by atoms with Crippen molar-refractivity contribution < 1.29 is 14.3 Å². The van der Waals surface area contributed by atoms with Crippen molar-refractivity contribution in [2.75, 3.05) is 30.0 Å². The number of anilines is 3. The Balaban J connectivity index is 2.03. The number of carbonyl (C=O) groups is 1. The third-order valence-electron chi connectivity index (χ3n) is 5.32. The molecule has 2 aromatic carbocycles. The van der Waals surface area contributed by atoms with Crippen molar-refractivity contribution in [2.24, 2.45) is 0 Å². The number of carbonyl (C=O) groups excluding carboxylic acids is 1. The predicted octanol–water partition coefficient (Wildman–Crippen LogP) is 7.64. The molecular formula is C26H36N2O3S. The highest BCUT2D eigenvalue weighted by Crippen LogP contribution is 2.50. The van der Waals surface area contributed by atoms with Gasteiger partial charge in [0.15, 0.2) is 0 Å². The van der Waals surface area contributed by atoms with E-state index in [1.807, 2.05) is 39.0 Å². The molecule has 2 aromatic rings.